The Morgan fingerprint density at radius 1 is 1.42 bits per heavy atom. The number of carbonyl (C=O) groups is 1. The third kappa shape index (κ3) is 5.77. The molecular weight excluding hydrogens is 346 g/mol. The summed E-state index contributed by atoms with van der Waals surface area (Å²) in [7, 11) is 1.68. The van der Waals surface area contributed by atoms with Gasteiger partial charge >= 0.3 is 5.97 Å². The average molecular weight is 367 g/mol. The van der Waals surface area contributed by atoms with Gasteiger partial charge in [-0.05, 0) is 25.5 Å². The lowest BCUT2D eigenvalue weighted by Gasteiger charge is -2.02. The lowest BCUT2D eigenvalue weighted by molar-refractivity contribution is 0.0531. The fourth-order valence-electron chi connectivity index (χ4n) is 1.87. The Morgan fingerprint density at radius 2 is 2.29 bits per heavy atom. The van der Waals surface area contributed by atoms with E-state index in [-0.39, 0.29) is 5.97 Å². The van der Waals surface area contributed by atoms with Gasteiger partial charge in [-0.2, -0.15) is 0 Å². The lowest BCUT2D eigenvalue weighted by atomic mass is 10.4. The topological polar surface area (TPSA) is 73.3 Å². The summed E-state index contributed by atoms with van der Waals surface area (Å²) >= 11 is 2.88. The van der Waals surface area contributed by atoms with Crippen LogP contribution in [0.1, 0.15) is 28.7 Å². The third-order valence-electron chi connectivity index (χ3n) is 2.95. The first kappa shape index (κ1) is 18.7. The summed E-state index contributed by atoms with van der Waals surface area (Å²) in [4.78, 5) is 21.5. The molecule has 0 aliphatic carbocycles. The molecule has 0 radical (unpaired) electrons. The number of aromatic nitrogens is 2. The second-order valence-electron chi connectivity index (χ2n) is 4.75. The van der Waals surface area contributed by atoms with E-state index in [9.17, 15) is 4.79 Å². The molecule has 0 amide bonds. The summed E-state index contributed by atoms with van der Waals surface area (Å²) in [6.45, 7) is 3.58. The Hall–Kier alpha value is -1.64. The van der Waals surface area contributed by atoms with E-state index in [1.54, 1.807) is 32.0 Å². The number of thiazole rings is 1. The molecule has 130 valence electrons. The van der Waals surface area contributed by atoms with Crippen molar-refractivity contribution < 1.29 is 14.3 Å². The van der Waals surface area contributed by atoms with Crippen molar-refractivity contribution in [3.8, 4) is 0 Å². The van der Waals surface area contributed by atoms with Crippen molar-refractivity contribution in [3.63, 3.8) is 0 Å². The van der Waals surface area contributed by atoms with Gasteiger partial charge in [-0.25, -0.2) is 14.8 Å². The molecule has 24 heavy (non-hydrogen) atoms. The van der Waals surface area contributed by atoms with Gasteiger partial charge in [0.05, 0.1) is 17.3 Å². The predicted molar refractivity (Wildman–Crippen MR) is 96.9 cm³/mol. The van der Waals surface area contributed by atoms with Gasteiger partial charge in [-0.3, -0.25) is 0 Å². The number of thioether (sulfide) groups is 1. The van der Waals surface area contributed by atoms with Crippen LogP contribution in [0.4, 0.5) is 5.13 Å². The number of ether oxygens (including phenoxy) is 2. The molecule has 0 bridgehead atoms. The highest BCUT2D eigenvalue weighted by Gasteiger charge is 2.19. The molecule has 2 aromatic heterocycles. The molecule has 0 saturated carbocycles. The Balaban J connectivity index is 2.05. The lowest BCUT2D eigenvalue weighted by Crippen LogP contribution is -2.05. The van der Waals surface area contributed by atoms with E-state index in [1.165, 1.54) is 11.3 Å². The normalized spacial score (nSPS) is 10.6. The number of nitrogens with zero attached hydrogens (tertiary/aromatic N) is 2. The van der Waals surface area contributed by atoms with Crippen LogP contribution in [0.2, 0.25) is 0 Å². The average Bonchev–Trinajstić information content (AvgIpc) is 3.01. The molecule has 6 nitrogen and oxygen atoms in total. The van der Waals surface area contributed by atoms with E-state index in [0.717, 1.165) is 28.8 Å². The number of hydrogen-bond donors (Lipinski definition) is 1. The van der Waals surface area contributed by atoms with Crippen molar-refractivity contribution in [2.24, 2.45) is 0 Å². The van der Waals surface area contributed by atoms with Crippen LogP contribution >= 0.6 is 23.1 Å². The molecule has 2 aromatic rings. The van der Waals surface area contributed by atoms with E-state index >= 15 is 0 Å². The second kappa shape index (κ2) is 10.3. The van der Waals surface area contributed by atoms with Crippen LogP contribution in [0.15, 0.2) is 29.4 Å². The molecule has 0 spiro atoms. The van der Waals surface area contributed by atoms with Crippen LogP contribution < -0.4 is 5.32 Å². The Morgan fingerprint density at radius 3 is 3.00 bits per heavy atom. The minimum atomic E-state index is -0.323. The highest BCUT2D eigenvalue weighted by molar-refractivity contribution is 7.98. The van der Waals surface area contributed by atoms with E-state index in [2.05, 4.69) is 15.3 Å². The number of rotatable bonds is 10. The van der Waals surface area contributed by atoms with Crippen molar-refractivity contribution in [2.45, 2.75) is 24.1 Å². The van der Waals surface area contributed by atoms with Gasteiger partial charge in [0.2, 0.25) is 0 Å². The first-order valence-corrected chi connectivity index (χ1v) is 9.48. The maximum absolute atomic E-state index is 12.1. The fourth-order valence-corrected chi connectivity index (χ4v) is 3.66. The number of hydrogen-bond acceptors (Lipinski definition) is 8. The van der Waals surface area contributed by atoms with Crippen LogP contribution in [0.5, 0.6) is 0 Å². The summed E-state index contributed by atoms with van der Waals surface area (Å²) in [6, 6.07) is 5.75. The number of pyridine rings is 1. The Bertz CT molecular complexity index is 635. The molecule has 0 aliphatic heterocycles. The molecule has 1 N–H and O–H groups in total. The van der Waals surface area contributed by atoms with Gasteiger partial charge in [-0.1, -0.05) is 29.2 Å². The first-order chi connectivity index (χ1) is 11.7. The quantitative estimate of drug-likeness (QED) is 0.392. The van der Waals surface area contributed by atoms with Crippen molar-refractivity contribution in [1.29, 1.82) is 0 Å². The van der Waals surface area contributed by atoms with Crippen molar-refractivity contribution >= 4 is 34.2 Å². The van der Waals surface area contributed by atoms with Crippen molar-refractivity contribution in [1.82, 2.24) is 9.97 Å². The predicted octanol–water partition coefficient (Wildman–Crippen LogP) is 3.46. The molecule has 0 unspecified atom stereocenters. The summed E-state index contributed by atoms with van der Waals surface area (Å²) in [5.41, 5.74) is 0.725. The maximum Gasteiger partial charge on any atom is 0.350 e. The van der Waals surface area contributed by atoms with Gasteiger partial charge in [0.25, 0.3) is 0 Å². The maximum atomic E-state index is 12.1. The van der Waals surface area contributed by atoms with Gasteiger partial charge < -0.3 is 14.8 Å². The standard InChI is InChI=1S/C16H21N3O3S2/c1-3-22-15(20)14-12(11-23-13-7-4-5-8-17-13)19-16(24-14)18-9-6-10-21-2/h4-5,7-8H,3,6,9-11H2,1-2H3,(H,18,19). The Kier molecular flexibility index (Phi) is 8.00. The monoisotopic (exact) mass is 367 g/mol. The SMILES string of the molecule is CCOC(=O)c1sc(NCCCOC)nc1CSc1ccccn1. The smallest absolute Gasteiger partial charge is 0.350 e. The summed E-state index contributed by atoms with van der Waals surface area (Å²) < 4.78 is 10.2. The minimum Gasteiger partial charge on any atom is -0.462 e. The molecular formula is C16H21N3O3S2. The van der Waals surface area contributed by atoms with Crippen LogP contribution in [0.3, 0.4) is 0 Å². The molecule has 0 fully saturated rings. The van der Waals surface area contributed by atoms with E-state index < -0.39 is 0 Å². The number of methoxy groups -OCH3 is 1. The van der Waals surface area contributed by atoms with E-state index in [0.29, 0.717) is 23.8 Å². The zero-order valence-electron chi connectivity index (χ0n) is 13.8. The molecule has 8 heteroatoms. The summed E-state index contributed by atoms with van der Waals surface area (Å²) in [5.74, 6) is 0.248. The number of carbonyl (C=O) groups excluding carboxylic acids is 1. The van der Waals surface area contributed by atoms with Crippen LogP contribution in [-0.4, -0.2) is 42.8 Å². The number of nitrogens with one attached hydrogen (secondary N) is 1. The highest BCUT2D eigenvalue weighted by Crippen LogP contribution is 2.29. The van der Waals surface area contributed by atoms with Gasteiger partial charge in [-0.15, -0.1) is 0 Å². The van der Waals surface area contributed by atoms with Crippen molar-refractivity contribution in [2.75, 3.05) is 32.2 Å². The molecule has 0 aliphatic rings. The Labute approximate surface area is 150 Å². The molecule has 2 heterocycles. The zero-order chi connectivity index (χ0) is 17.2. The van der Waals surface area contributed by atoms with E-state index in [4.69, 9.17) is 9.47 Å². The molecule has 2 rings (SSSR count). The first-order valence-electron chi connectivity index (χ1n) is 7.68. The fraction of sp³-hybridized carbons (Fsp3) is 0.438. The highest BCUT2D eigenvalue weighted by atomic mass is 32.2. The number of anilines is 1. The zero-order valence-corrected chi connectivity index (χ0v) is 15.4. The number of esters is 1. The largest absolute Gasteiger partial charge is 0.462 e. The second-order valence-corrected chi connectivity index (χ2v) is 6.74. The van der Waals surface area contributed by atoms with Crippen LogP contribution in [0, 0.1) is 0 Å². The van der Waals surface area contributed by atoms with Gasteiger partial charge in [0, 0.05) is 32.2 Å². The molecule has 0 aromatic carbocycles. The van der Waals surface area contributed by atoms with E-state index in [1.807, 2.05) is 18.2 Å². The third-order valence-corrected chi connectivity index (χ3v) is 4.94. The van der Waals surface area contributed by atoms with Gasteiger partial charge in [0.1, 0.15) is 4.88 Å². The molecule has 0 saturated heterocycles. The summed E-state index contributed by atoms with van der Waals surface area (Å²) in [5, 5.41) is 4.86. The van der Waals surface area contributed by atoms with Crippen molar-refractivity contribution in [3.05, 3.63) is 35.0 Å². The van der Waals surface area contributed by atoms with Crippen LogP contribution in [-0.2, 0) is 15.2 Å². The van der Waals surface area contributed by atoms with Gasteiger partial charge in [0.15, 0.2) is 5.13 Å². The molecule has 0 atom stereocenters. The summed E-state index contributed by atoms with van der Waals surface area (Å²) in [6.07, 6.45) is 2.63. The van der Waals surface area contributed by atoms with Crippen LogP contribution in [0.25, 0.3) is 0 Å². The minimum absolute atomic E-state index is 0.323.